The minimum atomic E-state index is 0.0456. The summed E-state index contributed by atoms with van der Waals surface area (Å²) >= 11 is 0. The Morgan fingerprint density at radius 2 is 2.00 bits per heavy atom. The van der Waals surface area contributed by atoms with Crippen LogP contribution in [0, 0.1) is 17.8 Å². The number of carbonyl (C=O) groups is 1. The van der Waals surface area contributed by atoms with E-state index in [1.807, 2.05) is 0 Å². The van der Waals surface area contributed by atoms with Gasteiger partial charge in [0.1, 0.15) is 0 Å². The Hall–Kier alpha value is -0.650. The van der Waals surface area contributed by atoms with E-state index >= 15 is 0 Å². The maximum absolute atomic E-state index is 12.7. The van der Waals surface area contributed by atoms with Crippen molar-refractivity contribution < 1.29 is 4.79 Å². The molecular formula is C18H32N4O. The van der Waals surface area contributed by atoms with Crippen LogP contribution in [0.3, 0.4) is 0 Å². The first-order valence-corrected chi connectivity index (χ1v) is 9.71. The molecule has 4 N–H and O–H groups in total. The summed E-state index contributed by atoms with van der Waals surface area (Å²) in [5.41, 5.74) is 0. The fourth-order valence-corrected chi connectivity index (χ4v) is 5.50. The fraction of sp³-hybridized carbons (Fsp3) is 0.944. The van der Waals surface area contributed by atoms with Crippen LogP contribution in [-0.4, -0.2) is 43.3 Å². The molecule has 2 aliphatic carbocycles. The Morgan fingerprint density at radius 3 is 2.87 bits per heavy atom. The Kier molecular flexibility index (Phi) is 4.61. The second-order valence-electron chi connectivity index (χ2n) is 8.37. The maximum Gasteiger partial charge on any atom is 0.237 e. The smallest absolute Gasteiger partial charge is 0.237 e. The molecule has 0 aromatic carbocycles. The molecule has 0 aromatic rings. The van der Waals surface area contributed by atoms with E-state index in [0.29, 0.717) is 18.1 Å². The SMILES string of the molecule is CC1CCCC2CC(C(=O)NC3CCC4CNCNC4C3)NC12. The van der Waals surface area contributed by atoms with E-state index in [1.165, 1.54) is 25.7 Å². The predicted molar refractivity (Wildman–Crippen MR) is 90.9 cm³/mol. The molecule has 0 bridgehead atoms. The summed E-state index contributed by atoms with van der Waals surface area (Å²) < 4.78 is 0. The van der Waals surface area contributed by atoms with E-state index in [0.717, 1.165) is 50.2 Å². The van der Waals surface area contributed by atoms with Crippen LogP contribution in [0.4, 0.5) is 0 Å². The number of nitrogens with one attached hydrogen (secondary N) is 4. The zero-order valence-corrected chi connectivity index (χ0v) is 14.3. The minimum Gasteiger partial charge on any atom is -0.352 e. The van der Waals surface area contributed by atoms with Gasteiger partial charge >= 0.3 is 0 Å². The molecule has 7 atom stereocenters. The van der Waals surface area contributed by atoms with Crippen molar-refractivity contribution in [2.45, 2.75) is 76.0 Å². The summed E-state index contributed by atoms with van der Waals surface area (Å²) in [5.74, 6) is 2.44. The summed E-state index contributed by atoms with van der Waals surface area (Å²) in [6, 6.07) is 1.55. The Balaban J connectivity index is 1.30. The molecule has 4 fully saturated rings. The molecule has 4 rings (SSSR count). The number of amides is 1. The van der Waals surface area contributed by atoms with Gasteiger partial charge in [0.25, 0.3) is 0 Å². The first kappa shape index (κ1) is 15.9. The molecule has 0 aromatic heterocycles. The van der Waals surface area contributed by atoms with Crippen molar-refractivity contribution in [3.05, 3.63) is 0 Å². The van der Waals surface area contributed by atoms with E-state index in [1.54, 1.807) is 0 Å². The van der Waals surface area contributed by atoms with Crippen LogP contribution in [0.2, 0.25) is 0 Å². The normalized spacial score (nSPS) is 46.7. The highest BCUT2D eigenvalue weighted by Crippen LogP contribution is 2.36. The molecule has 1 amide bonds. The standard InChI is InChI=1S/C18H32N4O/c1-11-3-2-4-12-7-16(22-17(11)12)18(23)21-14-6-5-13-9-19-10-20-15(13)8-14/h11-17,19-20,22H,2-10H2,1H3,(H,21,23). The summed E-state index contributed by atoms with van der Waals surface area (Å²) in [6.07, 6.45) is 8.44. The van der Waals surface area contributed by atoms with Gasteiger partial charge in [-0.2, -0.15) is 0 Å². The van der Waals surface area contributed by atoms with Gasteiger partial charge in [0, 0.05) is 31.3 Å². The van der Waals surface area contributed by atoms with Gasteiger partial charge in [-0.3, -0.25) is 4.79 Å². The van der Waals surface area contributed by atoms with Crippen LogP contribution in [0.25, 0.3) is 0 Å². The average molecular weight is 320 g/mol. The lowest BCUT2D eigenvalue weighted by Gasteiger charge is -2.40. The molecular weight excluding hydrogens is 288 g/mol. The topological polar surface area (TPSA) is 65.2 Å². The van der Waals surface area contributed by atoms with Crippen molar-refractivity contribution in [3.8, 4) is 0 Å². The summed E-state index contributed by atoms with van der Waals surface area (Å²) in [4.78, 5) is 12.7. The van der Waals surface area contributed by atoms with Crippen LogP contribution in [0.1, 0.15) is 51.9 Å². The molecule has 5 nitrogen and oxygen atoms in total. The van der Waals surface area contributed by atoms with Gasteiger partial charge in [-0.25, -0.2) is 0 Å². The molecule has 7 unspecified atom stereocenters. The van der Waals surface area contributed by atoms with E-state index in [-0.39, 0.29) is 11.9 Å². The van der Waals surface area contributed by atoms with Crippen molar-refractivity contribution in [1.29, 1.82) is 0 Å². The van der Waals surface area contributed by atoms with Crippen molar-refractivity contribution in [2.24, 2.45) is 17.8 Å². The molecule has 0 radical (unpaired) electrons. The number of hydrogen-bond donors (Lipinski definition) is 4. The summed E-state index contributed by atoms with van der Waals surface area (Å²) in [7, 11) is 0. The van der Waals surface area contributed by atoms with Gasteiger partial charge < -0.3 is 21.3 Å². The monoisotopic (exact) mass is 320 g/mol. The fourth-order valence-electron chi connectivity index (χ4n) is 5.50. The van der Waals surface area contributed by atoms with Crippen LogP contribution < -0.4 is 21.3 Å². The molecule has 5 heteroatoms. The van der Waals surface area contributed by atoms with Gasteiger partial charge in [0.15, 0.2) is 0 Å². The number of hydrogen-bond acceptors (Lipinski definition) is 4. The molecule has 2 aliphatic heterocycles. The number of rotatable bonds is 2. The molecule has 2 saturated carbocycles. The van der Waals surface area contributed by atoms with Crippen LogP contribution in [-0.2, 0) is 4.79 Å². The molecule has 23 heavy (non-hydrogen) atoms. The van der Waals surface area contributed by atoms with E-state index < -0.39 is 0 Å². The molecule has 4 aliphatic rings. The molecule has 2 saturated heterocycles. The zero-order valence-electron chi connectivity index (χ0n) is 14.3. The lowest BCUT2D eigenvalue weighted by Crippen LogP contribution is -2.57. The lowest BCUT2D eigenvalue weighted by atomic mass is 9.78. The first-order chi connectivity index (χ1) is 11.2. The molecule has 2 heterocycles. The summed E-state index contributed by atoms with van der Waals surface area (Å²) in [6.45, 7) is 4.38. The van der Waals surface area contributed by atoms with Crippen molar-refractivity contribution >= 4 is 5.91 Å². The maximum atomic E-state index is 12.7. The second-order valence-corrected chi connectivity index (χ2v) is 8.37. The Bertz CT molecular complexity index is 443. The Morgan fingerprint density at radius 1 is 1.09 bits per heavy atom. The highest BCUT2D eigenvalue weighted by atomic mass is 16.2. The number of fused-ring (bicyclic) bond motifs is 2. The quantitative estimate of drug-likeness (QED) is 0.612. The van der Waals surface area contributed by atoms with Crippen molar-refractivity contribution in [3.63, 3.8) is 0 Å². The van der Waals surface area contributed by atoms with Crippen LogP contribution in [0.5, 0.6) is 0 Å². The van der Waals surface area contributed by atoms with Gasteiger partial charge in [-0.1, -0.05) is 13.3 Å². The molecule has 0 spiro atoms. The molecule has 130 valence electrons. The lowest BCUT2D eigenvalue weighted by molar-refractivity contribution is -0.124. The largest absolute Gasteiger partial charge is 0.352 e. The van der Waals surface area contributed by atoms with Gasteiger partial charge in [0.2, 0.25) is 5.91 Å². The Labute approximate surface area is 139 Å². The highest BCUT2D eigenvalue weighted by molar-refractivity contribution is 5.82. The van der Waals surface area contributed by atoms with Crippen molar-refractivity contribution in [1.82, 2.24) is 21.3 Å². The number of carbonyl (C=O) groups excluding carboxylic acids is 1. The first-order valence-electron chi connectivity index (χ1n) is 9.71. The van der Waals surface area contributed by atoms with Crippen LogP contribution >= 0.6 is 0 Å². The minimum absolute atomic E-state index is 0.0456. The third-order valence-electron chi connectivity index (χ3n) is 6.84. The third kappa shape index (κ3) is 3.28. The van der Waals surface area contributed by atoms with E-state index in [4.69, 9.17) is 0 Å². The van der Waals surface area contributed by atoms with E-state index in [9.17, 15) is 4.79 Å². The second kappa shape index (κ2) is 6.69. The average Bonchev–Trinajstić information content (AvgIpc) is 3.01. The van der Waals surface area contributed by atoms with Crippen LogP contribution in [0.15, 0.2) is 0 Å². The van der Waals surface area contributed by atoms with Gasteiger partial charge in [0.05, 0.1) is 6.04 Å². The van der Waals surface area contributed by atoms with Gasteiger partial charge in [-0.15, -0.1) is 0 Å². The third-order valence-corrected chi connectivity index (χ3v) is 6.84. The zero-order chi connectivity index (χ0) is 15.8. The van der Waals surface area contributed by atoms with E-state index in [2.05, 4.69) is 28.2 Å². The highest BCUT2D eigenvalue weighted by Gasteiger charge is 2.42. The van der Waals surface area contributed by atoms with Gasteiger partial charge in [-0.05, 0) is 56.3 Å². The predicted octanol–water partition coefficient (Wildman–Crippen LogP) is 0.957. The van der Waals surface area contributed by atoms with Crippen molar-refractivity contribution in [2.75, 3.05) is 13.2 Å². The summed E-state index contributed by atoms with van der Waals surface area (Å²) in [5, 5.41) is 14.0.